The zero-order valence-corrected chi connectivity index (χ0v) is 12.9. The minimum Gasteiger partial charge on any atom is -0.466 e. The molecule has 0 heterocycles. The van der Waals surface area contributed by atoms with Crippen molar-refractivity contribution in [2.45, 2.75) is 32.5 Å². The molecule has 1 aromatic carbocycles. The normalized spacial score (nSPS) is 13.5. The summed E-state index contributed by atoms with van der Waals surface area (Å²) in [6, 6.07) is 6.72. The average Bonchev–Trinajstić information content (AvgIpc) is 2.45. The number of rotatable bonds is 7. The quantitative estimate of drug-likeness (QED) is 0.742. The van der Waals surface area contributed by atoms with Crippen LogP contribution < -0.4 is 0 Å². The van der Waals surface area contributed by atoms with Crippen molar-refractivity contribution in [1.29, 1.82) is 0 Å². The Labute approximate surface area is 128 Å². The summed E-state index contributed by atoms with van der Waals surface area (Å²) in [5.41, 5.74) is 1.32. The molecule has 116 valence electrons. The fourth-order valence-electron chi connectivity index (χ4n) is 1.73. The third-order valence-electron chi connectivity index (χ3n) is 2.80. The van der Waals surface area contributed by atoms with E-state index < -0.39 is 12.2 Å². The molecule has 0 aromatic heterocycles. The first-order valence-corrected chi connectivity index (χ1v) is 7.66. The van der Waals surface area contributed by atoms with Crippen LogP contribution in [-0.4, -0.2) is 39.8 Å². The van der Waals surface area contributed by atoms with E-state index in [1.165, 1.54) is 6.92 Å². The van der Waals surface area contributed by atoms with Crippen LogP contribution >= 0.6 is 11.8 Å². The fraction of sp³-hybridized carbons (Fsp3) is 0.467. The van der Waals surface area contributed by atoms with E-state index in [2.05, 4.69) is 0 Å². The van der Waals surface area contributed by atoms with Crippen LogP contribution in [0.25, 0.3) is 0 Å². The lowest BCUT2D eigenvalue weighted by Gasteiger charge is -2.17. The third-order valence-corrected chi connectivity index (χ3v) is 3.71. The number of hydrogen-bond acceptors (Lipinski definition) is 6. The lowest BCUT2D eigenvalue weighted by molar-refractivity contribution is -0.142. The van der Waals surface area contributed by atoms with E-state index in [9.17, 15) is 19.8 Å². The minimum atomic E-state index is -1.06. The van der Waals surface area contributed by atoms with Crippen LogP contribution in [-0.2, 0) is 20.7 Å². The molecule has 0 aliphatic carbocycles. The van der Waals surface area contributed by atoms with Crippen molar-refractivity contribution in [1.82, 2.24) is 0 Å². The predicted molar refractivity (Wildman–Crippen MR) is 80.9 cm³/mol. The first-order valence-electron chi connectivity index (χ1n) is 6.68. The van der Waals surface area contributed by atoms with Crippen molar-refractivity contribution in [2.24, 2.45) is 0 Å². The van der Waals surface area contributed by atoms with Crippen LogP contribution in [0.3, 0.4) is 0 Å². The number of aliphatic hydroxyl groups is 2. The van der Waals surface area contributed by atoms with Crippen LogP contribution in [0.5, 0.6) is 0 Å². The Morgan fingerprint density at radius 1 is 1.24 bits per heavy atom. The fourth-order valence-corrected chi connectivity index (χ4v) is 2.32. The molecule has 0 amide bonds. The molecule has 0 fully saturated rings. The first-order chi connectivity index (χ1) is 9.93. The maximum Gasteiger partial charge on any atom is 0.310 e. The Hall–Kier alpha value is -1.37. The van der Waals surface area contributed by atoms with Crippen molar-refractivity contribution in [2.75, 3.05) is 12.4 Å². The van der Waals surface area contributed by atoms with E-state index in [1.54, 1.807) is 31.2 Å². The van der Waals surface area contributed by atoms with Gasteiger partial charge in [0.2, 0.25) is 0 Å². The summed E-state index contributed by atoms with van der Waals surface area (Å²) in [7, 11) is 0. The van der Waals surface area contributed by atoms with E-state index in [1.807, 2.05) is 0 Å². The maximum absolute atomic E-state index is 11.3. The van der Waals surface area contributed by atoms with Gasteiger partial charge in [0.05, 0.1) is 19.1 Å². The van der Waals surface area contributed by atoms with Gasteiger partial charge in [-0.1, -0.05) is 36.0 Å². The van der Waals surface area contributed by atoms with Gasteiger partial charge in [-0.3, -0.25) is 9.59 Å². The Bertz CT molecular complexity index is 471. The number of carbonyl (C=O) groups is 2. The van der Waals surface area contributed by atoms with Gasteiger partial charge in [-0.05, 0) is 18.1 Å². The Balaban J connectivity index is 2.60. The summed E-state index contributed by atoms with van der Waals surface area (Å²) in [5.74, 6) is -0.162. The lowest BCUT2D eigenvalue weighted by Crippen LogP contribution is -2.21. The molecule has 2 atom stereocenters. The van der Waals surface area contributed by atoms with Crippen LogP contribution in [0.15, 0.2) is 24.3 Å². The van der Waals surface area contributed by atoms with E-state index >= 15 is 0 Å². The van der Waals surface area contributed by atoms with Gasteiger partial charge in [-0.15, -0.1) is 0 Å². The number of hydrogen-bond donors (Lipinski definition) is 2. The van der Waals surface area contributed by atoms with Crippen LogP contribution in [0.1, 0.15) is 31.1 Å². The number of carbonyl (C=O) groups excluding carboxylic acids is 2. The number of thioether (sulfide) groups is 1. The number of aliphatic hydroxyl groups excluding tert-OH is 2. The van der Waals surface area contributed by atoms with Crippen molar-refractivity contribution in [3.8, 4) is 0 Å². The summed E-state index contributed by atoms with van der Waals surface area (Å²) in [4.78, 5) is 22.2. The van der Waals surface area contributed by atoms with Crippen molar-refractivity contribution >= 4 is 22.8 Å². The van der Waals surface area contributed by atoms with Crippen molar-refractivity contribution in [3.05, 3.63) is 35.4 Å². The van der Waals surface area contributed by atoms with Crippen LogP contribution in [0.4, 0.5) is 0 Å². The molecule has 0 bridgehead atoms. The Kier molecular flexibility index (Phi) is 7.42. The zero-order chi connectivity index (χ0) is 15.8. The first kappa shape index (κ1) is 17.7. The van der Waals surface area contributed by atoms with Gasteiger partial charge in [0.1, 0.15) is 6.10 Å². The highest BCUT2D eigenvalue weighted by atomic mass is 32.2. The molecule has 0 radical (unpaired) electrons. The van der Waals surface area contributed by atoms with Crippen molar-refractivity contribution < 1.29 is 24.5 Å². The van der Waals surface area contributed by atoms with E-state index in [0.29, 0.717) is 12.2 Å². The van der Waals surface area contributed by atoms with E-state index in [0.717, 1.165) is 17.3 Å². The largest absolute Gasteiger partial charge is 0.466 e. The highest BCUT2D eigenvalue weighted by molar-refractivity contribution is 8.13. The molecule has 1 aromatic rings. The van der Waals surface area contributed by atoms with Gasteiger partial charge in [0.25, 0.3) is 0 Å². The zero-order valence-electron chi connectivity index (χ0n) is 12.1. The van der Waals surface area contributed by atoms with Gasteiger partial charge in [-0.2, -0.15) is 0 Å². The second-order valence-corrected chi connectivity index (χ2v) is 5.74. The molecule has 2 unspecified atom stereocenters. The summed E-state index contributed by atoms with van der Waals surface area (Å²) >= 11 is 0.969. The van der Waals surface area contributed by atoms with Gasteiger partial charge in [0.15, 0.2) is 5.12 Å². The monoisotopic (exact) mass is 312 g/mol. The Morgan fingerprint density at radius 2 is 1.86 bits per heavy atom. The SMILES string of the molecule is CCOC(=O)Cc1ccc(C(O)C(O)CSC(C)=O)cc1. The van der Waals surface area contributed by atoms with Crippen LogP contribution in [0.2, 0.25) is 0 Å². The van der Waals surface area contributed by atoms with Gasteiger partial charge < -0.3 is 14.9 Å². The van der Waals surface area contributed by atoms with E-state index in [4.69, 9.17) is 4.74 Å². The van der Waals surface area contributed by atoms with Crippen LogP contribution in [0, 0.1) is 0 Å². The van der Waals surface area contributed by atoms with Gasteiger partial charge in [-0.25, -0.2) is 0 Å². The number of esters is 1. The topological polar surface area (TPSA) is 83.8 Å². The molecular formula is C15H20O5S. The smallest absolute Gasteiger partial charge is 0.310 e. The second-order valence-electron chi connectivity index (χ2n) is 4.54. The molecule has 5 nitrogen and oxygen atoms in total. The average molecular weight is 312 g/mol. The molecule has 6 heteroatoms. The van der Waals surface area contributed by atoms with Gasteiger partial charge >= 0.3 is 5.97 Å². The Morgan fingerprint density at radius 3 is 2.38 bits per heavy atom. The molecular weight excluding hydrogens is 292 g/mol. The molecule has 0 spiro atoms. The third kappa shape index (κ3) is 6.29. The lowest BCUT2D eigenvalue weighted by atomic mass is 10.0. The number of ether oxygens (including phenoxy) is 1. The summed E-state index contributed by atoms with van der Waals surface area (Å²) < 4.78 is 4.85. The molecule has 2 N–H and O–H groups in total. The second kappa shape index (κ2) is 8.81. The predicted octanol–water partition coefficient (Wildman–Crippen LogP) is 1.47. The molecule has 0 aliphatic rings. The van der Waals surface area contributed by atoms with Gasteiger partial charge in [0, 0.05) is 12.7 Å². The highest BCUT2D eigenvalue weighted by Gasteiger charge is 2.19. The summed E-state index contributed by atoms with van der Waals surface area (Å²) in [5, 5.41) is 19.7. The molecule has 0 saturated heterocycles. The molecule has 0 aliphatic heterocycles. The van der Waals surface area contributed by atoms with E-state index in [-0.39, 0.29) is 23.3 Å². The minimum absolute atomic E-state index is 0.106. The van der Waals surface area contributed by atoms with Crippen molar-refractivity contribution in [3.63, 3.8) is 0 Å². The standard InChI is InChI=1S/C15H20O5S/c1-3-20-14(18)8-11-4-6-12(7-5-11)15(19)13(17)9-21-10(2)16/h4-7,13,15,17,19H,3,8-9H2,1-2H3. The molecule has 0 saturated carbocycles. The highest BCUT2D eigenvalue weighted by Crippen LogP contribution is 2.20. The molecule has 1 rings (SSSR count). The molecule has 21 heavy (non-hydrogen) atoms. The summed E-state index contributed by atoms with van der Waals surface area (Å²) in [6.45, 7) is 3.50. The maximum atomic E-state index is 11.3. The summed E-state index contributed by atoms with van der Waals surface area (Å²) in [6.07, 6.45) is -1.91. The number of benzene rings is 1.